The van der Waals surface area contributed by atoms with Crippen molar-refractivity contribution in [3.05, 3.63) is 41.6 Å². The summed E-state index contributed by atoms with van der Waals surface area (Å²) < 4.78 is 5.44. The van der Waals surface area contributed by atoms with Crippen molar-refractivity contribution in [2.24, 2.45) is 11.1 Å². The topological polar surface area (TPSA) is 68.4 Å². The third-order valence-corrected chi connectivity index (χ3v) is 4.65. The average molecular weight is 286 g/mol. The van der Waals surface area contributed by atoms with Crippen LogP contribution < -0.4 is 5.73 Å². The van der Waals surface area contributed by atoms with Gasteiger partial charge in [-0.1, -0.05) is 18.2 Å². The van der Waals surface area contributed by atoms with Crippen LogP contribution in [0.3, 0.4) is 0 Å². The van der Waals surface area contributed by atoms with Crippen LogP contribution in [-0.2, 0) is 4.74 Å². The highest BCUT2D eigenvalue weighted by Gasteiger charge is 2.39. The monoisotopic (exact) mass is 286 g/mol. The summed E-state index contributed by atoms with van der Waals surface area (Å²) in [5.74, 6) is 0. The summed E-state index contributed by atoms with van der Waals surface area (Å²) in [4.78, 5) is 4.55. The second-order valence-electron chi connectivity index (χ2n) is 5.95. The number of nitrogens with two attached hydrogens (primary N) is 1. The Hall–Kier alpha value is -1.49. The molecule has 1 unspecified atom stereocenters. The molecule has 2 aromatic rings. The molecule has 112 valence electrons. The molecule has 1 aromatic heterocycles. The molecule has 4 nitrogen and oxygen atoms in total. The van der Waals surface area contributed by atoms with Crippen LogP contribution >= 0.6 is 0 Å². The molecular formula is C17H22N2O2. The molecule has 4 heteroatoms. The summed E-state index contributed by atoms with van der Waals surface area (Å²) in [5, 5.41) is 12.1. The van der Waals surface area contributed by atoms with Crippen molar-refractivity contribution in [3.63, 3.8) is 0 Å². The molecule has 0 radical (unpaired) electrons. The van der Waals surface area contributed by atoms with Crippen molar-refractivity contribution in [1.29, 1.82) is 0 Å². The number of ether oxygens (including phenoxy) is 1. The fourth-order valence-electron chi connectivity index (χ4n) is 3.26. The van der Waals surface area contributed by atoms with Gasteiger partial charge in [-0.05, 0) is 37.5 Å². The number of hydrogen-bond acceptors (Lipinski definition) is 4. The molecule has 21 heavy (non-hydrogen) atoms. The second kappa shape index (κ2) is 5.72. The van der Waals surface area contributed by atoms with E-state index in [4.69, 9.17) is 10.5 Å². The maximum atomic E-state index is 11.1. The highest BCUT2D eigenvalue weighted by atomic mass is 16.5. The van der Waals surface area contributed by atoms with Crippen molar-refractivity contribution in [2.75, 3.05) is 19.8 Å². The van der Waals surface area contributed by atoms with Gasteiger partial charge in [0.1, 0.15) is 0 Å². The number of fused-ring (bicyclic) bond motifs is 1. The number of aliphatic hydroxyl groups excluding tert-OH is 1. The minimum atomic E-state index is -0.585. The van der Waals surface area contributed by atoms with Gasteiger partial charge in [0.2, 0.25) is 0 Å². The number of pyridine rings is 1. The van der Waals surface area contributed by atoms with E-state index in [0.717, 1.165) is 35.0 Å². The van der Waals surface area contributed by atoms with E-state index in [9.17, 15) is 5.11 Å². The van der Waals surface area contributed by atoms with Crippen LogP contribution in [0, 0.1) is 12.3 Å². The Morgan fingerprint density at radius 3 is 2.76 bits per heavy atom. The first-order chi connectivity index (χ1) is 10.2. The predicted molar refractivity (Wildman–Crippen MR) is 83.0 cm³/mol. The number of hydrogen-bond donors (Lipinski definition) is 2. The highest BCUT2D eigenvalue weighted by Crippen LogP contribution is 2.43. The Morgan fingerprint density at radius 1 is 1.33 bits per heavy atom. The fourth-order valence-corrected chi connectivity index (χ4v) is 3.26. The summed E-state index contributed by atoms with van der Waals surface area (Å²) in [6.45, 7) is 3.75. The molecular weight excluding hydrogens is 264 g/mol. The van der Waals surface area contributed by atoms with E-state index in [1.807, 2.05) is 37.3 Å². The SMILES string of the molecule is Cc1cc(C(O)C2(CN)CCOCC2)c2ccccc2n1. The maximum Gasteiger partial charge on any atom is 0.0867 e. The number of benzene rings is 1. The third kappa shape index (κ3) is 2.55. The molecule has 1 atom stereocenters. The van der Waals surface area contributed by atoms with Gasteiger partial charge in [-0.2, -0.15) is 0 Å². The van der Waals surface area contributed by atoms with Crippen LogP contribution in [0.25, 0.3) is 10.9 Å². The Kier molecular flexibility index (Phi) is 3.93. The van der Waals surface area contributed by atoms with E-state index in [-0.39, 0.29) is 5.41 Å². The van der Waals surface area contributed by atoms with Gasteiger partial charge in [0.05, 0.1) is 11.6 Å². The fraction of sp³-hybridized carbons (Fsp3) is 0.471. The van der Waals surface area contributed by atoms with Gasteiger partial charge in [-0.3, -0.25) is 4.98 Å². The second-order valence-corrected chi connectivity index (χ2v) is 5.95. The van der Waals surface area contributed by atoms with Crippen LogP contribution in [0.5, 0.6) is 0 Å². The molecule has 1 aromatic carbocycles. The van der Waals surface area contributed by atoms with Gasteiger partial charge in [0.15, 0.2) is 0 Å². The lowest BCUT2D eigenvalue weighted by Gasteiger charge is -2.40. The zero-order chi connectivity index (χ0) is 14.9. The lowest BCUT2D eigenvalue weighted by molar-refractivity contribution is -0.0576. The van der Waals surface area contributed by atoms with Crippen molar-refractivity contribution in [2.45, 2.75) is 25.9 Å². The van der Waals surface area contributed by atoms with Gasteiger partial charge in [0, 0.05) is 36.3 Å². The Balaban J connectivity index is 2.10. The van der Waals surface area contributed by atoms with Crippen LogP contribution in [0.2, 0.25) is 0 Å². The number of para-hydroxylation sites is 1. The van der Waals surface area contributed by atoms with Crippen molar-refractivity contribution in [3.8, 4) is 0 Å². The van der Waals surface area contributed by atoms with Crippen LogP contribution in [0.4, 0.5) is 0 Å². The molecule has 0 amide bonds. The summed E-state index contributed by atoms with van der Waals surface area (Å²) in [6, 6.07) is 9.94. The molecule has 1 aliphatic rings. The Labute approximate surface area is 124 Å². The molecule has 0 bridgehead atoms. The van der Waals surface area contributed by atoms with E-state index in [1.54, 1.807) is 0 Å². The highest BCUT2D eigenvalue weighted by molar-refractivity contribution is 5.82. The van der Waals surface area contributed by atoms with Gasteiger partial charge < -0.3 is 15.6 Å². The summed E-state index contributed by atoms with van der Waals surface area (Å²) in [6.07, 6.45) is 0.999. The first-order valence-corrected chi connectivity index (χ1v) is 7.48. The average Bonchev–Trinajstić information content (AvgIpc) is 2.54. The van der Waals surface area contributed by atoms with Gasteiger partial charge in [0.25, 0.3) is 0 Å². The minimum Gasteiger partial charge on any atom is -0.388 e. The minimum absolute atomic E-state index is 0.297. The van der Waals surface area contributed by atoms with Crippen LogP contribution in [0.15, 0.2) is 30.3 Å². The molecule has 0 aliphatic carbocycles. The first-order valence-electron chi connectivity index (χ1n) is 7.48. The van der Waals surface area contributed by atoms with Crippen LogP contribution in [-0.4, -0.2) is 29.8 Å². The predicted octanol–water partition coefficient (Wildman–Crippen LogP) is 2.33. The van der Waals surface area contributed by atoms with Gasteiger partial charge in [-0.15, -0.1) is 0 Å². The Bertz CT molecular complexity index is 636. The van der Waals surface area contributed by atoms with Crippen molar-refractivity contribution >= 4 is 10.9 Å². The molecule has 1 fully saturated rings. The largest absolute Gasteiger partial charge is 0.388 e. The molecule has 3 rings (SSSR count). The molecule has 1 saturated heterocycles. The summed E-state index contributed by atoms with van der Waals surface area (Å²) in [5.41, 5.74) is 8.51. The maximum absolute atomic E-state index is 11.1. The zero-order valence-corrected chi connectivity index (χ0v) is 12.4. The van der Waals surface area contributed by atoms with Crippen molar-refractivity contribution in [1.82, 2.24) is 4.98 Å². The summed E-state index contributed by atoms with van der Waals surface area (Å²) in [7, 11) is 0. The summed E-state index contributed by atoms with van der Waals surface area (Å²) >= 11 is 0. The number of aliphatic hydroxyl groups is 1. The van der Waals surface area contributed by atoms with E-state index in [1.165, 1.54) is 0 Å². The van der Waals surface area contributed by atoms with Gasteiger partial charge in [-0.25, -0.2) is 0 Å². The molecule has 2 heterocycles. The van der Waals surface area contributed by atoms with Gasteiger partial charge >= 0.3 is 0 Å². The number of rotatable bonds is 3. The standard InChI is InChI=1S/C17H22N2O2/c1-12-10-14(13-4-2-3-5-15(13)19-12)16(20)17(11-18)6-8-21-9-7-17/h2-5,10,16,20H,6-9,11,18H2,1H3. The third-order valence-electron chi connectivity index (χ3n) is 4.65. The first kappa shape index (κ1) is 14.4. The normalized spacial score (nSPS) is 19.6. The van der Waals surface area contributed by atoms with E-state index in [2.05, 4.69) is 4.98 Å². The van der Waals surface area contributed by atoms with Crippen LogP contribution in [0.1, 0.15) is 30.2 Å². The Morgan fingerprint density at radius 2 is 2.05 bits per heavy atom. The quantitative estimate of drug-likeness (QED) is 0.908. The smallest absolute Gasteiger partial charge is 0.0867 e. The van der Waals surface area contributed by atoms with Crippen molar-refractivity contribution < 1.29 is 9.84 Å². The number of nitrogens with zero attached hydrogens (tertiary/aromatic N) is 1. The molecule has 0 spiro atoms. The zero-order valence-electron chi connectivity index (χ0n) is 12.4. The van der Waals surface area contributed by atoms with E-state index in [0.29, 0.717) is 19.8 Å². The van der Waals surface area contributed by atoms with E-state index >= 15 is 0 Å². The number of aromatic nitrogens is 1. The van der Waals surface area contributed by atoms with E-state index < -0.39 is 6.10 Å². The lowest BCUT2D eigenvalue weighted by atomic mass is 9.72. The molecule has 0 saturated carbocycles. The molecule has 3 N–H and O–H groups in total. The lowest BCUT2D eigenvalue weighted by Crippen LogP contribution is -2.41. The number of aryl methyl sites for hydroxylation is 1. The molecule has 1 aliphatic heterocycles.